The maximum absolute atomic E-state index is 12.9. The first-order chi connectivity index (χ1) is 12.0. The summed E-state index contributed by atoms with van der Waals surface area (Å²) in [6, 6.07) is 8.40. The first-order valence-corrected chi connectivity index (χ1v) is 9.74. The maximum atomic E-state index is 12.9. The van der Waals surface area contributed by atoms with Gasteiger partial charge in [-0.1, -0.05) is 38.1 Å². The molecule has 0 aliphatic carbocycles. The number of amides is 1. The zero-order valence-corrected chi connectivity index (χ0v) is 16.0. The highest BCUT2D eigenvalue weighted by atomic mass is 32.1. The molecule has 1 amide bonds. The summed E-state index contributed by atoms with van der Waals surface area (Å²) < 4.78 is 0. The Morgan fingerprint density at radius 1 is 1.28 bits per heavy atom. The molecule has 1 aromatic heterocycles. The van der Waals surface area contributed by atoms with Crippen molar-refractivity contribution in [3.8, 4) is 10.6 Å². The minimum absolute atomic E-state index is 0.0499. The summed E-state index contributed by atoms with van der Waals surface area (Å²) in [5.41, 5.74) is 3.12. The van der Waals surface area contributed by atoms with Gasteiger partial charge in [-0.25, -0.2) is 4.98 Å². The van der Waals surface area contributed by atoms with Crippen LogP contribution in [0, 0.1) is 12.3 Å². The minimum Gasteiger partial charge on any atom is -0.396 e. The van der Waals surface area contributed by atoms with Crippen molar-refractivity contribution >= 4 is 17.2 Å². The van der Waals surface area contributed by atoms with Crippen LogP contribution >= 0.6 is 11.3 Å². The predicted octanol–water partition coefficient (Wildman–Crippen LogP) is 3.92. The van der Waals surface area contributed by atoms with E-state index in [-0.39, 0.29) is 17.9 Å². The number of piperidine rings is 1. The molecule has 2 heterocycles. The predicted molar refractivity (Wildman–Crippen MR) is 102 cm³/mol. The fourth-order valence-electron chi connectivity index (χ4n) is 3.15. The van der Waals surface area contributed by atoms with Crippen molar-refractivity contribution in [3.05, 3.63) is 40.4 Å². The Kier molecular flexibility index (Phi) is 5.25. The van der Waals surface area contributed by atoms with E-state index in [1.54, 1.807) is 0 Å². The van der Waals surface area contributed by atoms with Crippen molar-refractivity contribution in [2.75, 3.05) is 19.7 Å². The van der Waals surface area contributed by atoms with E-state index in [9.17, 15) is 9.90 Å². The van der Waals surface area contributed by atoms with Gasteiger partial charge in [0, 0.05) is 25.3 Å². The van der Waals surface area contributed by atoms with Crippen molar-refractivity contribution in [1.29, 1.82) is 0 Å². The van der Waals surface area contributed by atoms with E-state index in [4.69, 9.17) is 0 Å². The molecule has 2 aromatic rings. The van der Waals surface area contributed by atoms with E-state index in [1.807, 2.05) is 11.8 Å². The fourth-order valence-corrected chi connectivity index (χ4v) is 4.19. The summed E-state index contributed by atoms with van der Waals surface area (Å²) in [6.07, 6.45) is 2.71. The van der Waals surface area contributed by atoms with Gasteiger partial charge in [0.05, 0.1) is 5.69 Å². The third kappa shape index (κ3) is 3.77. The van der Waals surface area contributed by atoms with Crippen molar-refractivity contribution in [2.24, 2.45) is 5.41 Å². The van der Waals surface area contributed by atoms with E-state index >= 15 is 0 Å². The number of likely N-dealkylation sites (tertiary alicyclic amines) is 1. The molecule has 1 fully saturated rings. The molecule has 0 atom stereocenters. The second-order valence-corrected chi connectivity index (χ2v) is 8.24. The first-order valence-electron chi connectivity index (χ1n) is 8.92. The Bertz CT molecular complexity index is 744. The standard InChI is InChI=1S/C20H26N2O2S/c1-4-15-5-7-16(8-6-15)18-21-14(2)17(25-18)19(24)22-11-9-20(3,13-23)10-12-22/h5-8,23H,4,9-13H2,1-3H3. The number of aliphatic hydroxyl groups is 1. The number of carbonyl (C=O) groups excluding carboxylic acids is 1. The van der Waals surface area contributed by atoms with Gasteiger partial charge < -0.3 is 10.0 Å². The van der Waals surface area contributed by atoms with Crippen LogP contribution in [0.4, 0.5) is 0 Å². The lowest BCUT2D eigenvalue weighted by Crippen LogP contribution is -2.43. The Morgan fingerprint density at radius 2 is 1.92 bits per heavy atom. The minimum atomic E-state index is -0.0499. The van der Waals surface area contributed by atoms with E-state index in [0.29, 0.717) is 13.1 Å². The lowest BCUT2D eigenvalue weighted by Gasteiger charge is -2.38. The summed E-state index contributed by atoms with van der Waals surface area (Å²) in [5, 5.41) is 10.4. The van der Waals surface area contributed by atoms with Crippen LogP contribution < -0.4 is 0 Å². The number of aromatic nitrogens is 1. The Morgan fingerprint density at radius 3 is 2.48 bits per heavy atom. The smallest absolute Gasteiger partial charge is 0.265 e. The Labute approximate surface area is 153 Å². The van der Waals surface area contributed by atoms with Gasteiger partial charge in [0.1, 0.15) is 9.88 Å². The van der Waals surface area contributed by atoms with Gasteiger partial charge in [0.25, 0.3) is 5.91 Å². The molecule has 5 heteroatoms. The molecule has 3 rings (SSSR count). The van der Waals surface area contributed by atoms with Gasteiger partial charge in [-0.05, 0) is 37.2 Å². The van der Waals surface area contributed by atoms with Crippen LogP contribution in [0.25, 0.3) is 10.6 Å². The average molecular weight is 359 g/mol. The van der Waals surface area contributed by atoms with E-state index in [1.165, 1.54) is 16.9 Å². The molecule has 0 unspecified atom stereocenters. The van der Waals surface area contributed by atoms with Gasteiger partial charge in [-0.2, -0.15) is 0 Å². The normalized spacial score (nSPS) is 16.9. The maximum Gasteiger partial charge on any atom is 0.265 e. The van der Waals surface area contributed by atoms with Crippen molar-refractivity contribution in [1.82, 2.24) is 9.88 Å². The van der Waals surface area contributed by atoms with Gasteiger partial charge in [0.15, 0.2) is 0 Å². The summed E-state index contributed by atoms with van der Waals surface area (Å²) in [6.45, 7) is 7.73. The first kappa shape index (κ1) is 18.1. The molecule has 0 spiro atoms. The number of hydrogen-bond donors (Lipinski definition) is 1. The van der Waals surface area contributed by atoms with Crippen LogP contribution in [0.3, 0.4) is 0 Å². The van der Waals surface area contributed by atoms with Crippen LogP contribution in [-0.4, -0.2) is 40.6 Å². The number of thiazole rings is 1. The second-order valence-electron chi connectivity index (χ2n) is 7.25. The molecule has 134 valence electrons. The SMILES string of the molecule is CCc1ccc(-c2nc(C)c(C(=O)N3CCC(C)(CO)CC3)s2)cc1. The van der Waals surface area contributed by atoms with Crippen LogP contribution in [0.2, 0.25) is 0 Å². The quantitative estimate of drug-likeness (QED) is 0.901. The number of aliphatic hydroxyl groups excluding tert-OH is 1. The molecular formula is C20H26N2O2S. The number of carbonyl (C=O) groups is 1. The topological polar surface area (TPSA) is 53.4 Å². The average Bonchev–Trinajstić information content (AvgIpc) is 3.03. The molecule has 0 radical (unpaired) electrons. The molecule has 1 aromatic carbocycles. The monoisotopic (exact) mass is 358 g/mol. The summed E-state index contributed by atoms with van der Waals surface area (Å²) >= 11 is 1.48. The zero-order chi connectivity index (χ0) is 18.0. The molecule has 1 aliphatic heterocycles. The van der Waals surface area contributed by atoms with Gasteiger partial charge >= 0.3 is 0 Å². The highest BCUT2D eigenvalue weighted by molar-refractivity contribution is 7.17. The largest absolute Gasteiger partial charge is 0.396 e. The molecule has 1 aliphatic rings. The molecule has 4 nitrogen and oxygen atoms in total. The summed E-state index contributed by atoms with van der Waals surface area (Å²) in [4.78, 5) is 20.2. The number of rotatable bonds is 4. The van der Waals surface area contributed by atoms with Gasteiger partial charge in [0.2, 0.25) is 0 Å². The van der Waals surface area contributed by atoms with E-state index in [2.05, 4.69) is 43.1 Å². The fraction of sp³-hybridized carbons (Fsp3) is 0.500. The van der Waals surface area contributed by atoms with Crippen LogP contribution in [0.1, 0.15) is 47.6 Å². The number of hydrogen-bond acceptors (Lipinski definition) is 4. The summed E-state index contributed by atoms with van der Waals surface area (Å²) in [7, 11) is 0. The van der Waals surface area contributed by atoms with Crippen LogP contribution in [-0.2, 0) is 6.42 Å². The second kappa shape index (κ2) is 7.26. The molecule has 0 bridgehead atoms. The molecular weight excluding hydrogens is 332 g/mol. The molecule has 1 N–H and O–H groups in total. The van der Waals surface area contributed by atoms with Crippen molar-refractivity contribution < 1.29 is 9.90 Å². The van der Waals surface area contributed by atoms with Crippen LogP contribution in [0.5, 0.6) is 0 Å². The summed E-state index contributed by atoms with van der Waals surface area (Å²) in [5.74, 6) is 0.0754. The van der Waals surface area contributed by atoms with E-state index < -0.39 is 0 Å². The van der Waals surface area contributed by atoms with E-state index in [0.717, 1.165) is 40.4 Å². The number of nitrogens with zero attached hydrogens (tertiary/aromatic N) is 2. The lowest BCUT2D eigenvalue weighted by atomic mass is 9.81. The van der Waals surface area contributed by atoms with Crippen LogP contribution in [0.15, 0.2) is 24.3 Å². The molecule has 1 saturated heterocycles. The van der Waals surface area contributed by atoms with Gasteiger partial charge in [-0.3, -0.25) is 4.79 Å². The number of aryl methyl sites for hydroxylation is 2. The highest BCUT2D eigenvalue weighted by Crippen LogP contribution is 2.33. The molecule has 0 saturated carbocycles. The Hall–Kier alpha value is -1.72. The zero-order valence-electron chi connectivity index (χ0n) is 15.2. The van der Waals surface area contributed by atoms with Crippen molar-refractivity contribution in [2.45, 2.75) is 40.0 Å². The van der Waals surface area contributed by atoms with Gasteiger partial charge in [-0.15, -0.1) is 11.3 Å². The Balaban J connectivity index is 1.77. The molecule has 25 heavy (non-hydrogen) atoms. The third-order valence-electron chi connectivity index (χ3n) is 5.24. The third-order valence-corrected chi connectivity index (χ3v) is 6.43. The van der Waals surface area contributed by atoms with Crippen molar-refractivity contribution in [3.63, 3.8) is 0 Å². The lowest BCUT2D eigenvalue weighted by molar-refractivity contribution is 0.0442. The number of benzene rings is 1. The highest BCUT2D eigenvalue weighted by Gasteiger charge is 2.32.